The molecule has 1 N–H and O–H groups in total. The van der Waals surface area contributed by atoms with Gasteiger partial charge in [0.05, 0.1) is 23.4 Å². The molecule has 1 fully saturated rings. The van der Waals surface area contributed by atoms with Crippen molar-refractivity contribution < 1.29 is 30.8 Å². The Morgan fingerprint density at radius 2 is 1.59 bits per heavy atom. The lowest BCUT2D eigenvalue weighted by Crippen LogP contribution is -2.27. The van der Waals surface area contributed by atoms with Crippen LogP contribution in [-0.4, -0.2) is 33.3 Å². The summed E-state index contributed by atoms with van der Waals surface area (Å²) in [5.74, 6) is -1.30. The number of carbonyl (C=O) groups excluding carboxylic acids is 1. The Labute approximate surface area is 251 Å². The van der Waals surface area contributed by atoms with Gasteiger partial charge in [0.25, 0.3) is 15.9 Å². The molecule has 0 saturated carbocycles. The van der Waals surface area contributed by atoms with Gasteiger partial charge in [-0.15, -0.1) is 0 Å². The van der Waals surface area contributed by atoms with Crippen LogP contribution in [0.25, 0.3) is 0 Å². The SMILES string of the molecule is O=C(N=C1c2ccccc2CN1c1ccc(N2CCCC2)c(S(=O)(=O)Nc2cccc(C(F)(F)F)c2)c1)c1ccccc1F. The van der Waals surface area contributed by atoms with E-state index >= 15 is 0 Å². The van der Waals surface area contributed by atoms with Crippen LogP contribution in [0.15, 0.2) is 101 Å². The maximum Gasteiger partial charge on any atom is 0.416 e. The molecule has 2 aliphatic rings. The van der Waals surface area contributed by atoms with Crippen LogP contribution in [-0.2, 0) is 22.7 Å². The minimum atomic E-state index is -4.65. The summed E-state index contributed by atoms with van der Waals surface area (Å²) in [6.07, 6.45) is -2.93. The number of anilines is 3. The fraction of sp³-hybridized carbons (Fsp3) is 0.188. The first kappa shape index (κ1) is 29.4. The lowest BCUT2D eigenvalue weighted by Gasteiger charge is -2.25. The van der Waals surface area contributed by atoms with Crippen molar-refractivity contribution in [2.75, 3.05) is 27.6 Å². The third-order valence-corrected chi connectivity index (χ3v) is 9.00. The van der Waals surface area contributed by atoms with E-state index in [1.54, 1.807) is 29.2 Å². The molecule has 2 heterocycles. The molecular formula is C32H26F4N4O3S. The molecule has 2 aliphatic heterocycles. The van der Waals surface area contributed by atoms with Gasteiger partial charge in [-0.1, -0.05) is 42.5 Å². The number of amidine groups is 1. The Morgan fingerprint density at radius 3 is 2.34 bits per heavy atom. The van der Waals surface area contributed by atoms with Gasteiger partial charge >= 0.3 is 6.18 Å². The number of amides is 1. The largest absolute Gasteiger partial charge is 0.416 e. The number of hydrogen-bond donors (Lipinski definition) is 1. The molecule has 0 aromatic heterocycles. The van der Waals surface area contributed by atoms with Gasteiger partial charge < -0.3 is 9.80 Å². The van der Waals surface area contributed by atoms with Crippen LogP contribution in [0.3, 0.4) is 0 Å². The molecular weight excluding hydrogens is 596 g/mol. The molecule has 0 bridgehead atoms. The van der Waals surface area contributed by atoms with Gasteiger partial charge in [-0.05, 0) is 66.9 Å². The Balaban J connectivity index is 1.43. The summed E-state index contributed by atoms with van der Waals surface area (Å²) in [4.78, 5) is 20.8. The predicted octanol–water partition coefficient (Wildman–Crippen LogP) is 6.85. The molecule has 44 heavy (non-hydrogen) atoms. The number of halogens is 4. The quantitative estimate of drug-likeness (QED) is 0.238. The third-order valence-electron chi connectivity index (χ3n) is 7.59. The summed E-state index contributed by atoms with van der Waals surface area (Å²) in [6, 6.07) is 21.5. The van der Waals surface area contributed by atoms with Gasteiger partial charge in [0.15, 0.2) is 0 Å². The molecule has 0 atom stereocenters. The summed E-state index contributed by atoms with van der Waals surface area (Å²) < 4.78 is 84.5. The number of carbonyl (C=O) groups is 1. The minimum absolute atomic E-state index is 0.134. The highest BCUT2D eigenvalue weighted by Gasteiger charge is 2.33. The monoisotopic (exact) mass is 622 g/mol. The molecule has 4 aromatic carbocycles. The number of nitrogens with one attached hydrogen (secondary N) is 1. The van der Waals surface area contributed by atoms with Crippen LogP contribution in [0.5, 0.6) is 0 Å². The van der Waals surface area contributed by atoms with Crippen molar-refractivity contribution in [2.24, 2.45) is 4.99 Å². The first-order valence-corrected chi connectivity index (χ1v) is 15.3. The van der Waals surface area contributed by atoms with Crippen molar-refractivity contribution in [3.8, 4) is 0 Å². The zero-order valence-corrected chi connectivity index (χ0v) is 24.0. The molecule has 0 aliphatic carbocycles. The molecule has 0 spiro atoms. The molecule has 0 radical (unpaired) electrons. The second-order valence-corrected chi connectivity index (χ2v) is 12.1. The molecule has 226 valence electrons. The van der Waals surface area contributed by atoms with Gasteiger partial charge in [-0.25, -0.2) is 12.8 Å². The normalized spacial score (nSPS) is 16.0. The predicted molar refractivity (Wildman–Crippen MR) is 160 cm³/mol. The molecule has 0 unspecified atom stereocenters. The van der Waals surface area contributed by atoms with E-state index in [2.05, 4.69) is 9.71 Å². The standard InChI is InChI=1S/C32H26F4N4O3S/c33-27-13-4-3-12-26(27)31(41)37-30-25-11-2-1-8-21(25)20-40(30)24-14-15-28(39-16-5-6-17-39)29(19-24)44(42,43)38-23-10-7-9-22(18-23)32(34,35)36/h1-4,7-15,18-19,38H,5-6,16-17,20H2. The van der Waals surface area contributed by atoms with Crippen molar-refractivity contribution in [1.29, 1.82) is 0 Å². The lowest BCUT2D eigenvalue weighted by molar-refractivity contribution is -0.137. The zero-order valence-electron chi connectivity index (χ0n) is 23.2. The van der Waals surface area contributed by atoms with Gasteiger partial charge in [0.1, 0.15) is 16.5 Å². The molecule has 6 rings (SSSR count). The minimum Gasteiger partial charge on any atom is -0.370 e. The maximum absolute atomic E-state index is 14.4. The van der Waals surface area contributed by atoms with Crippen molar-refractivity contribution in [3.05, 3.63) is 119 Å². The molecule has 4 aromatic rings. The van der Waals surface area contributed by atoms with Crippen LogP contribution >= 0.6 is 0 Å². The van der Waals surface area contributed by atoms with Crippen LogP contribution in [0, 0.1) is 5.82 Å². The summed E-state index contributed by atoms with van der Waals surface area (Å²) in [6.45, 7) is 1.48. The second kappa shape index (κ2) is 11.4. The number of hydrogen-bond acceptors (Lipinski definition) is 4. The van der Waals surface area contributed by atoms with E-state index in [4.69, 9.17) is 0 Å². The zero-order chi connectivity index (χ0) is 31.1. The van der Waals surface area contributed by atoms with Crippen LogP contribution in [0.2, 0.25) is 0 Å². The van der Waals surface area contributed by atoms with Gasteiger partial charge in [-0.3, -0.25) is 9.52 Å². The number of fused-ring (bicyclic) bond motifs is 1. The first-order valence-electron chi connectivity index (χ1n) is 13.8. The molecule has 1 amide bonds. The molecule has 12 heteroatoms. The highest BCUT2D eigenvalue weighted by molar-refractivity contribution is 7.92. The number of aliphatic imine (C=N–C) groups is 1. The Hall–Kier alpha value is -4.71. The van der Waals surface area contributed by atoms with Crippen molar-refractivity contribution in [1.82, 2.24) is 0 Å². The molecule has 1 saturated heterocycles. The van der Waals surface area contributed by atoms with E-state index in [1.165, 1.54) is 36.4 Å². The fourth-order valence-corrected chi connectivity index (χ4v) is 6.76. The Kier molecular flexibility index (Phi) is 7.62. The number of benzene rings is 4. The third kappa shape index (κ3) is 5.77. The number of rotatable bonds is 6. The van der Waals surface area contributed by atoms with Gasteiger partial charge in [0, 0.05) is 30.0 Å². The van der Waals surface area contributed by atoms with E-state index in [-0.39, 0.29) is 28.5 Å². The van der Waals surface area contributed by atoms with E-state index in [9.17, 15) is 30.8 Å². The maximum atomic E-state index is 14.4. The van der Waals surface area contributed by atoms with Gasteiger partial charge in [0.2, 0.25) is 0 Å². The molecule has 7 nitrogen and oxygen atoms in total. The smallest absolute Gasteiger partial charge is 0.370 e. The summed E-state index contributed by atoms with van der Waals surface area (Å²) in [7, 11) is -4.39. The van der Waals surface area contributed by atoms with Gasteiger partial charge in [-0.2, -0.15) is 18.2 Å². The number of sulfonamides is 1. The van der Waals surface area contributed by atoms with Crippen molar-refractivity contribution in [2.45, 2.75) is 30.5 Å². The highest BCUT2D eigenvalue weighted by atomic mass is 32.2. The van der Waals surface area contributed by atoms with Crippen molar-refractivity contribution in [3.63, 3.8) is 0 Å². The van der Waals surface area contributed by atoms with E-state index in [1.807, 2.05) is 17.0 Å². The summed E-state index contributed by atoms with van der Waals surface area (Å²) in [5, 5.41) is 0. The number of alkyl halides is 3. The Morgan fingerprint density at radius 1 is 0.864 bits per heavy atom. The first-order chi connectivity index (χ1) is 21.0. The van der Waals surface area contributed by atoms with E-state index in [0.717, 1.165) is 36.6 Å². The Bertz CT molecular complexity index is 1890. The summed E-state index contributed by atoms with van der Waals surface area (Å²) in [5.41, 5.74) is 0.819. The number of nitrogens with zero attached hydrogens (tertiary/aromatic N) is 3. The van der Waals surface area contributed by atoms with Crippen LogP contribution < -0.4 is 14.5 Å². The topological polar surface area (TPSA) is 82.1 Å². The van der Waals surface area contributed by atoms with Crippen molar-refractivity contribution >= 4 is 38.8 Å². The van der Waals surface area contributed by atoms with Crippen LogP contribution in [0.1, 0.15) is 39.9 Å². The van der Waals surface area contributed by atoms with E-state index < -0.39 is 33.5 Å². The average Bonchev–Trinajstić information content (AvgIpc) is 3.66. The second-order valence-electron chi connectivity index (χ2n) is 10.5. The fourth-order valence-electron chi connectivity index (χ4n) is 5.47. The van der Waals surface area contributed by atoms with E-state index in [0.29, 0.717) is 30.0 Å². The highest BCUT2D eigenvalue weighted by Crippen LogP contribution is 2.37. The lowest BCUT2D eigenvalue weighted by atomic mass is 10.1. The summed E-state index contributed by atoms with van der Waals surface area (Å²) >= 11 is 0. The van der Waals surface area contributed by atoms with Crippen LogP contribution in [0.4, 0.5) is 34.6 Å². The average molecular weight is 623 g/mol.